The van der Waals surface area contributed by atoms with Crippen molar-refractivity contribution in [2.75, 3.05) is 6.54 Å². The smallest absolute Gasteiger partial charge is 0.104 e. The molecular weight excluding hydrogens is 607 g/mol. The lowest BCUT2D eigenvalue weighted by Crippen LogP contribution is -2.49. The molecule has 4 aromatic carbocycles. The molecule has 0 radical (unpaired) electrons. The molecule has 3 aliphatic carbocycles. The van der Waals surface area contributed by atoms with Gasteiger partial charge in [0.05, 0.1) is 11.2 Å². The Hall–Kier alpha value is -5.08. The van der Waals surface area contributed by atoms with E-state index in [1.165, 1.54) is 39.1 Å². The Labute approximate surface area is 298 Å². The molecule has 3 N–H and O–H groups in total. The van der Waals surface area contributed by atoms with Crippen molar-refractivity contribution in [3.8, 4) is 0 Å². The van der Waals surface area contributed by atoms with Gasteiger partial charge in [-0.05, 0) is 67.2 Å². The van der Waals surface area contributed by atoms with Crippen molar-refractivity contribution in [2.24, 2.45) is 0 Å². The largest absolute Gasteiger partial charge is 0.379 e. The summed E-state index contributed by atoms with van der Waals surface area (Å²) in [4.78, 5) is 0. The van der Waals surface area contributed by atoms with Crippen LogP contribution in [0.15, 0.2) is 174 Å². The van der Waals surface area contributed by atoms with Crippen LogP contribution in [-0.2, 0) is 10.8 Å². The molecule has 4 aromatic rings. The van der Waals surface area contributed by atoms with Gasteiger partial charge in [-0.25, -0.2) is 0 Å². The number of rotatable bonds is 10. The second-order valence-electron chi connectivity index (χ2n) is 14.8. The fraction of sp³-hybridized carbons (Fsp3) is 0.255. The fourth-order valence-corrected chi connectivity index (χ4v) is 8.40. The van der Waals surface area contributed by atoms with Crippen molar-refractivity contribution in [3.63, 3.8) is 0 Å². The van der Waals surface area contributed by atoms with Crippen LogP contribution in [0.4, 0.5) is 0 Å². The van der Waals surface area contributed by atoms with Crippen LogP contribution in [0.5, 0.6) is 0 Å². The summed E-state index contributed by atoms with van der Waals surface area (Å²) < 4.78 is 0. The first-order valence-corrected chi connectivity index (χ1v) is 18.0. The maximum atomic E-state index is 4.14. The molecule has 50 heavy (non-hydrogen) atoms. The van der Waals surface area contributed by atoms with E-state index >= 15 is 0 Å². The minimum Gasteiger partial charge on any atom is -0.379 e. The molecular formula is C47H49N3. The Bertz CT molecular complexity index is 2030. The molecule has 0 heterocycles. The van der Waals surface area contributed by atoms with E-state index in [0.717, 1.165) is 17.7 Å². The van der Waals surface area contributed by atoms with Crippen molar-refractivity contribution in [2.45, 2.75) is 69.5 Å². The molecule has 252 valence electrons. The zero-order chi connectivity index (χ0) is 34.8. The monoisotopic (exact) mass is 655 g/mol. The van der Waals surface area contributed by atoms with Gasteiger partial charge in [0.25, 0.3) is 0 Å². The van der Waals surface area contributed by atoms with Crippen LogP contribution in [0, 0.1) is 0 Å². The van der Waals surface area contributed by atoms with Gasteiger partial charge in [-0.3, -0.25) is 5.32 Å². The van der Waals surface area contributed by atoms with Crippen molar-refractivity contribution < 1.29 is 0 Å². The second-order valence-corrected chi connectivity index (χ2v) is 14.8. The van der Waals surface area contributed by atoms with E-state index in [2.05, 4.69) is 189 Å². The van der Waals surface area contributed by atoms with E-state index in [4.69, 9.17) is 0 Å². The summed E-state index contributed by atoms with van der Waals surface area (Å²) in [5, 5.41) is 11.7. The van der Waals surface area contributed by atoms with E-state index in [1.807, 2.05) is 19.1 Å². The Morgan fingerprint density at radius 3 is 2.20 bits per heavy atom. The van der Waals surface area contributed by atoms with E-state index in [1.54, 1.807) is 0 Å². The zero-order valence-corrected chi connectivity index (χ0v) is 30.0. The van der Waals surface area contributed by atoms with Crippen LogP contribution in [0.3, 0.4) is 0 Å². The third kappa shape index (κ3) is 6.24. The minimum atomic E-state index is -0.263. The summed E-state index contributed by atoms with van der Waals surface area (Å²) in [6.45, 7) is 12.3. The molecule has 0 spiro atoms. The quantitative estimate of drug-likeness (QED) is 0.118. The molecule has 7 rings (SSSR count). The summed E-state index contributed by atoms with van der Waals surface area (Å²) >= 11 is 0. The summed E-state index contributed by atoms with van der Waals surface area (Å²) in [6.07, 6.45) is 14.6. The van der Waals surface area contributed by atoms with Gasteiger partial charge >= 0.3 is 0 Å². The Balaban J connectivity index is 1.18. The highest BCUT2D eigenvalue weighted by molar-refractivity contribution is 5.64. The standard InChI is InChI=1S/C47H49N3/c1-6-19-41(35-21-10-7-11-22-35)49-44(36-23-12-8-13-24-36)48-33-34-20-18-31-46(4,32-34)50-42-30-29-40-43(47(42,5)37-25-14-9-15-26-37)38-27-16-17-28-39(38)45(40,2)3/h6-18,20-30,32,43-44,48-50H,31,33H2,1-5H3. The van der Waals surface area contributed by atoms with Gasteiger partial charge in [-0.15, -0.1) is 0 Å². The van der Waals surface area contributed by atoms with E-state index in [-0.39, 0.29) is 28.5 Å². The highest BCUT2D eigenvalue weighted by atomic mass is 15.1. The van der Waals surface area contributed by atoms with Gasteiger partial charge in [0, 0.05) is 34.6 Å². The Kier molecular flexibility index (Phi) is 9.14. The number of fused-ring (bicyclic) bond motifs is 3. The van der Waals surface area contributed by atoms with E-state index < -0.39 is 0 Å². The van der Waals surface area contributed by atoms with Gasteiger partial charge in [0.15, 0.2) is 0 Å². The number of benzene rings is 4. The molecule has 3 heteroatoms. The third-order valence-electron chi connectivity index (χ3n) is 11.0. The van der Waals surface area contributed by atoms with Crippen molar-refractivity contribution in [1.82, 2.24) is 16.0 Å². The lowest BCUT2D eigenvalue weighted by atomic mass is 9.61. The Morgan fingerprint density at radius 2 is 1.48 bits per heavy atom. The molecule has 3 nitrogen and oxygen atoms in total. The average molecular weight is 656 g/mol. The topological polar surface area (TPSA) is 36.1 Å². The predicted octanol–water partition coefficient (Wildman–Crippen LogP) is 10.2. The summed E-state index contributed by atoms with van der Waals surface area (Å²) in [5.41, 5.74) is 14.4. The number of nitrogens with one attached hydrogen (secondary N) is 3. The Morgan fingerprint density at radius 1 is 0.820 bits per heavy atom. The van der Waals surface area contributed by atoms with Crippen LogP contribution in [0.25, 0.3) is 5.70 Å². The van der Waals surface area contributed by atoms with Crippen molar-refractivity contribution >= 4 is 5.70 Å². The summed E-state index contributed by atoms with van der Waals surface area (Å²) in [6, 6.07) is 41.2. The molecule has 0 aromatic heterocycles. The molecule has 0 saturated heterocycles. The maximum absolute atomic E-state index is 4.14. The van der Waals surface area contributed by atoms with E-state index in [9.17, 15) is 0 Å². The predicted molar refractivity (Wildman–Crippen MR) is 209 cm³/mol. The van der Waals surface area contributed by atoms with Crippen molar-refractivity contribution in [3.05, 3.63) is 202 Å². The molecule has 0 bridgehead atoms. The highest BCUT2D eigenvalue weighted by Gasteiger charge is 2.53. The molecule has 0 fully saturated rings. The molecule has 0 amide bonds. The van der Waals surface area contributed by atoms with Gasteiger partial charge < -0.3 is 10.6 Å². The lowest BCUT2D eigenvalue weighted by Gasteiger charge is -2.46. The maximum Gasteiger partial charge on any atom is 0.104 e. The highest BCUT2D eigenvalue weighted by Crippen LogP contribution is 2.60. The molecule has 0 saturated carbocycles. The summed E-state index contributed by atoms with van der Waals surface area (Å²) in [7, 11) is 0. The first-order valence-electron chi connectivity index (χ1n) is 18.0. The normalized spacial score (nSPS) is 23.6. The van der Waals surface area contributed by atoms with Crippen LogP contribution in [-0.4, -0.2) is 12.1 Å². The molecule has 3 aliphatic rings. The van der Waals surface area contributed by atoms with Crippen LogP contribution >= 0.6 is 0 Å². The second kappa shape index (κ2) is 13.7. The summed E-state index contributed by atoms with van der Waals surface area (Å²) in [5.74, 6) is 0.248. The number of hydrogen-bond acceptors (Lipinski definition) is 3. The zero-order valence-electron chi connectivity index (χ0n) is 30.0. The van der Waals surface area contributed by atoms with Gasteiger partial charge in [-0.1, -0.05) is 165 Å². The van der Waals surface area contributed by atoms with E-state index in [0.29, 0.717) is 6.54 Å². The van der Waals surface area contributed by atoms with Gasteiger partial charge in [-0.2, -0.15) is 0 Å². The van der Waals surface area contributed by atoms with Crippen LogP contribution in [0.1, 0.15) is 80.9 Å². The number of allylic oxidation sites excluding steroid dienone is 5. The fourth-order valence-electron chi connectivity index (χ4n) is 8.40. The first-order chi connectivity index (χ1) is 24.2. The first kappa shape index (κ1) is 33.4. The third-order valence-corrected chi connectivity index (χ3v) is 11.0. The minimum absolute atomic E-state index is 0.0264. The molecule has 0 aliphatic heterocycles. The van der Waals surface area contributed by atoms with Crippen molar-refractivity contribution in [1.29, 1.82) is 0 Å². The van der Waals surface area contributed by atoms with Crippen LogP contribution < -0.4 is 16.0 Å². The SMILES string of the molecule is CC=C=C(NC(NCC1=CC(C)(NC2=CC=C3C(c4ccccc4C3(C)C)C2(C)c2ccccc2)CC=C1)c1ccccc1)c1ccccc1. The average Bonchev–Trinajstić information content (AvgIpc) is 3.38. The molecule has 4 unspecified atom stereocenters. The lowest BCUT2D eigenvalue weighted by molar-refractivity contribution is 0.378. The van der Waals surface area contributed by atoms with Gasteiger partial charge in [0.1, 0.15) is 6.17 Å². The van der Waals surface area contributed by atoms with Gasteiger partial charge in [0.2, 0.25) is 0 Å². The van der Waals surface area contributed by atoms with Crippen LogP contribution in [0.2, 0.25) is 0 Å². The number of hydrogen-bond donors (Lipinski definition) is 3. The molecule has 4 atom stereocenters.